The topological polar surface area (TPSA) is 72.9 Å². The predicted octanol–water partition coefficient (Wildman–Crippen LogP) is 0.510. The molecule has 0 saturated heterocycles. The summed E-state index contributed by atoms with van der Waals surface area (Å²) in [6.45, 7) is 5.96. The van der Waals surface area contributed by atoms with Crippen molar-refractivity contribution >= 4 is 5.82 Å². The molecule has 3 N–H and O–H groups in total. The fourth-order valence-corrected chi connectivity index (χ4v) is 1.60. The lowest BCUT2D eigenvalue weighted by Crippen LogP contribution is -2.35. The summed E-state index contributed by atoms with van der Waals surface area (Å²) in [5.74, 6) is 0.398. The third-order valence-corrected chi connectivity index (χ3v) is 2.73. The molecule has 1 heterocycles. The zero-order valence-corrected chi connectivity index (χ0v) is 9.90. The smallest absolute Gasteiger partial charge is 0.293 e. The Labute approximate surface area is 94.7 Å². The van der Waals surface area contributed by atoms with Crippen molar-refractivity contribution in [3.63, 3.8) is 0 Å². The first-order chi connectivity index (χ1) is 7.39. The van der Waals surface area contributed by atoms with Crippen LogP contribution in [0.4, 0.5) is 5.82 Å². The highest BCUT2D eigenvalue weighted by Crippen LogP contribution is 2.21. The van der Waals surface area contributed by atoms with Crippen molar-refractivity contribution in [1.82, 2.24) is 9.55 Å². The zero-order valence-electron chi connectivity index (χ0n) is 9.90. The Hall–Kier alpha value is -1.36. The molecule has 88 valence electrons. The summed E-state index contributed by atoms with van der Waals surface area (Å²) in [6.07, 6.45) is 4.26. The van der Waals surface area contributed by atoms with Gasteiger partial charge in [0.1, 0.15) is 0 Å². The molecule has 0 aromatic carbocycles. The molecule has 2 atom stereocenters. The van der Waals surface area contributed by atoms with Gasteiger partial charge in [0.25, 0.3) is 5.56 Å². The van der Waals surface area contributed by atoms with Crippen LogP contribution in [0.15, 0.2) is 17.2 Å². The van der Waals surface area contributed by atoms with E-state index in [1.165, 1.54) is 0 Å². The van der Waals surface area contributed by atoms with Crippen LogP contribution in [-0.4, -0.2) is 21.6 Å². The number of nitrogens with zero attached hydrogens (tertiary/aromatic N) is 2. The van der Waals surface area contributed by atoms with E-state index in [0.29, 0.717) is 5.82 Å². The van der Waals surface area contributed by atoms with Gasteiger partial charge in [-0.2, -0.15) is 0 Å². The molecule has 2 unspecified atom stereocenters. The lowest BCUT2D eigenvalue weighted by Gasteiger charge is -2.22. The first kappa shape index (κ1) is 11.1. The SMILES string of the molecule is CC(C)(C)n1ccnc(NC2CC2N)c1=O. The van der Waals surface area contributed by atoms with Crippen LogP contribution in [-0.2, 0) is 5.54 Å². The van der Waals surface area contributed by atoms with E-state index in [1.54, 1.807) is 17.0 Å². The number of hydrogen-bond donors (Lipinski definition) is 2. The standard InChI is InChI=1S/C11H18N4O/c1-11(2,3)15-5-4-13-9(10(15)16)14-8-6-7(8)12/h4-5,7-8H,6,12H2,1-3H3,(H,13,14). The van der Waals surface area contributed by atoms with Gasteiger partial charge in [-0.25, -0.2) is 4.98 Å². The second-order valence-electron chi connectivity index (χ2n) is 5.27. The number of nitrogens with two attached hydrogens (primary N) is 1. The molecule has 0 radical (unpaired) electrons. The van der Waals surface area contributed by atoms with Crippen LogP contribution in [0.25, 0.3) is 0 Å². The molecular formula is C11H18N4O. The van der Waals surface area contributed by atoms with E-state index in [9.17, 15) is 4.79 Å². The summed E-state index contributed by atoms with van der Waals surface area (Å²) in [5.41, 5.74) is 5.37. The zero-order chi connectivity index (χ0) is 11.9. The van der Waals surface area contributed by atoms with Crippen LogP contribution < -0.4 is 16.6 Å². The van der Waals surface area contributed by atoms with E-state index in [2.05, 4.69) is 10.3 Å². The minimum Gasteiger partial charge on any atom is -0.361 e. The average molecular weight is 222 g/mol. The number of rotatable bonds is 2. The van der Waals surface area contributed by atoms with Gasteiger partial charge in [0.15, 0.2) is 5.82 Å². The molecular weight excluding hydrogens is 204 g/mol. The van der Waals surface area contributed by atoms with E-state index in [0.717, 1.165) is 6.42 Å². The van der Waals surface area contributed by atoms with Gasteiger partial charge in [-0.15, -0.1) is 0 Å². The Balaban J connectivity index is 2.30. The van der Waals surface area contributed by atoms with Crippen molar-refractivity contribution < 1.29 is 0 Å². The summed E-state index contributed by atoms with van der Waals surface area (Å²) in [5, 5.41) is 3.08. The highest BCUT2D eigenvalue weighted by Gasteiger charge is 2.34. The van der Waals surface area contributed by atoms with Crippen LogP contribution in [0, 0.1) is 0 Å². The largest absolute Gasteiger partial charge is 0.361 e. The van der Waals surface area contributed by atoms with Crippen molar-refractivity contribution in [3.8, 4) is 0 Å². The van der Waals surface area contributed by atoms with Crippen LogP contribution in [0.5, 0.6) is 0 Å². The summed E-state index contributed by atoms with van der Waals surface area (Å²) >= 11 is 0. The molecule has 1 aromatic rings. The molecule has 1 saturated carbocycles. The Morgan fingerprint density at radius 3 is 2.69 bits per heavy atom. The Bertz CT molecular complexity index is 446. The number of hydrogen-bond acceptors (Lipinski definition) is 4. The summed E-state index contributed by atoms with van der Waals surface area (Å²) in [4.78, 5) is 16.1. The normalized spacial score (nSPS) is 24.2. The van der Waals surface area contributed by atoms with Gasteiger partial charge < -0.3 is 15.6 Å². The maximum atomic E-state index is 12.1. The highest BCUT2D eigenvalue weighted by molar-refractivity contribution is 5.36. The van der Waals surface area contributed by atoms with Crippen molar-refractivity contribution in [2.24, 2.45) is 5.73 Å². The summed E-state index contributed by atoms with van der Waals surface area (Å²) in [7, 11) is 0. The fraction of sp³-hybridized carbons (Fsp3) is 0.636. The van der Waals surface area contributed by atoms with E-state index >= 15 is 0 Å². The van der Waals surface area contributed by atoms with Crippen LogP contribution in [0.3, 0.4) is 0 Å². The highest BCUT2D eigenvalue weighted by atomic mass is 16.1. The quantitative estimate of drug-likeness (QED) is 0.764. The van der Waals surface area contributed by atoms with E-state index in [-0.39, 0.29) is 23.2 Å². The number of nitrogens with one attached hydrogen (secondary N) is 1. The van der Waals surface area contributed by atoms with Crippen molar-refractivity contribution in [2.75, 3.05) is 5.32 Å². The lowest BCUT2D eigenvalue weighted by molar-refractivity contribution is 0.383. The molecule has 0 bridgehead atoms. The molecule has 5 nitrogen and oxygen atoms in total. The Morgan fingerprint density at radius 2 is 2.19 bits per heavy atom. The average Bonchev–Trinajstić information content (AvgIpc) is 2.83. The van der Waals surface area contributed by atoms with Gasteiger partial charge in [-0.05, 0) is 27.2 Å². The van der Waals surface area contributed by atoms with Crippen LogP contribution in [0.2, 0.25) is 0 Å². The minimum absolute atomic E-state index is 0.0888. The second kappa shape index (κ2) is 3.59. The fourth-order valence-electron chi connectivity index (χ4n) is 1.60. The second-order valence-corrected chi connectivity index (χ2v) is 5.27. The first-order valence-corrected chi connectivity index (χ1v) is 5.50. The maximum Gasteiger partial charge on any atom is 0.293 e. The van der Waals surface area contributed by atoms with Gasteiger partial charge >= 0.3 is 0 Å². The van der Waals surface area contributed by atoms with E-state index < -0.39 is 0 Å². The molecule has 5 heteroatoms. The van der Waals surface area contributed by atoms with Crippen LogP contribution in [0.1, 0.15) is 27.2 Å². The van der Waals surface area contributed by atoms with Crippen molar-refractivity contribution in [1.29, 1.82) is 0 Å². The lowest BCUT2D eigenvalue weighted by atomic mass is 10.1. The summed E-state index contributed by atoms with van der Waals surface area (Å²) in [6, 6.07) is 0.362. The third kappa shape index (κ3) is 2.09. The first-order valence-electron chi connectivity index (χ1n) is 5.50. The van der Waals surface area contributed by atoms with Gasteiger partial charge in [0.2, 0.25) is 0 Å². The monoisotopic (exact) mass is 222 g/mol. The molecule has 2 rings (SSSR count). The van der Waals surface area contributed by atoms with E-state index in [1.807, 2.05) is 20.8 Å². The molecule has 1 aliphatic rings. The molecule has 1 fully saturated rings. The molecule has 1 aliphatic carbocycles. The summed E-state index contributed by atoms with van der Waals surface area (Å²) < 4.78 is 1.68. The van der Waals surface area contributed by atoms with Gasteiger partial charge in [-0.3, -0.25) is 4.79 Å². The van der Waals surface area contributed by atoms with Crippen LogP contribution >= 0.6 is 0 Å². The minimum atomic E-state index is -0.234. The maximum absolute atomic E-state index is 12.1. The molecule has 1 aromatic heterocycles. The van der Waals surface area contributed by atoms with Gasteiger partial charge in [-0.1, -0.05) is 0 Å². The molecule has 0 aliphatic heterocycles. The number of anilines is 1. The Kier molecular flexibility index (Phi) is 2.50. The predicted molar refractivity (Wildman–Crippen MR) is 63.5 cm³/mol. The van der Waals surface area contributed by atoms with Crippen molar-refractivity contribution in [2.45, 2.75) is 44.8 Å². The van der Waals surface area contributed by atoms with Crippen molar-refractivity contribution in [3.05, 3.63) is 22.7 Å². The van der Waals surface area contributed by atoms with Gasteiger partial charge in [0.05, 0.1) is 0 Å². The third-order valence-electron chi connectivity index (χ3n) is 2.73. The molecule has 0 amide bonds. The molecule has 0 spiro atoms. The van der Waals surface area contributed by atoms with Gasteiger partial charge in [0, 0.05) is 30.0 Å². The molecule has 16 heavy (non-hydrogen) atoms. The van der Waals surface area contributed by atoms with E-state index in [4.69, 9.17) is 5.73 Å². The number of aromatic nitrogens is 2. The Morgan fingerprint density at radius 1 is 1.56 bits per heavy atom.